The molecule has 0 saturated carbocycles. The van der Waals surface area contributed by atoms with Gasteiger partial charge in [-0.15, -0.1) is 10.2 Å². The second-order valence-electron chi connectivity index (χ2n) is 5.77. The van der Waals surface area contributed by atoms with E-state index in [1.165, 1.54) is 51.4 Å². The molecule has 22 heavy (non-hydrogen) atoms. The van der Waals surface area contributed by atoms with Crippen LogP contribution in [0, 0.1) is 0 Å². The van der Waals surface area contributed by atoms with Gasteiger partial charge in [-0.05, 0) is 30.7 Å². The van der Waals surface area contributed by atoms with E-state index in [0.29, 0.717) is 0 Å². The van der Waals surface area contributed by atoms with Crippen LogP contribution in [0.4, 0.5) is 0 Å². The van der Waals surface area contributed by atoms with Gasteiger partial charge in [0.2, 0.25) is 0 Å². The lowest BCUT2D eigenvalue weighted by Gasteiger charge is -2.00. The van der Waals surface area contributed by atoms with Gasteiger partial charge < -0.3 is 5.11 Å². The van der Waals surface area contributed by atoms with Gasteiger partial charge in [0.1, 0.15) is 15.8 Å². The molecule has 0 aliphatic heterocycles. The standard InChI is InChI=1S/C18H26N2OS/c1-2-3-4-5-6-7-8-9-10-17-19-20-18(22-17)15-11-13-16(21)14-12-15/h11-14,21H,2-10H2,1H3. The number of phenols is 1. The zero-order valence-electron chi connectivity index (χ0n) is 13.4. The molecule has 1 aromatic heterocycles. The van der Waals surface area contributed by atoms with Crippen LogP contribution in [-0.2, 0) is 6.42 Å². The molecular weight excluding hydrogens is 292 g/mol. The Kier molecular flexibility index (Phi) is 7.37. The van der Waals surface area contributed by atoms with Crippen molar-refractivity contribution >= 4 is 11.3 Å². The third-order valence-electron chi connectivity index (χ3n) is 3.83. The maximum absolute atomic E-state index is 9.31. The van der Waals surface area contributed by atoms with E-state index in [4.69, 9.17) is 0 Å². The first-order valence-corrected chi connectivity index (χ1v) is 9.23. The highest BCUT2D eigenvalue weighted by Gasteiger charge is 2.06. The first-order valence-electron chi connectivity index (χ1n) is 8.41. The third kappa shape index (κ3) is 5.76. The molecule has 1 N–H and O–H groups in total. The zero-order valence-corrected chi connectivity index (χ0v) is 14.2. The lowest BCUT2D eigenvalue weighted by Crippen LogP contribution is -1.85. The van der Waals surface area contributed by atoms with Gasteiger partial charge in [0.05, 0.1) is 0 Å². The Labute approximate surface area is 137 Å². The van der Waals surface area contributed by atoms with E-state index in [2.05, 4.69) is 17.1 Å². The summed E-state index contributed by atoms with van der Waals surface area (Å²) in [6.45, 7) is 2.26. The number of rotatable bonds is 10. The van der Waals surface area contributed by atoms with E-state index >= 15 is 0 Å². The largest absolute Gasteiger partial charge is 0.508 e. The van der Waals surface area contributed by atoms with Gasteiger partial charge in [-0.3, -0.25) is 0 Å². The molecule has 0 fully saturated rings. The van der Waals surface area contributed by atoms with Gasteiger partial charge in [-0.1, -0.05) is 63.2 Å². The van der Waals surface area contributed by atoms with Gasteiger partial charge in [0, 0.05) is 12.0 Å². The minimum Gasteiger partial charge on any atom is -0.508 e. The lowest BCUT2D eigenvalue weighted by atomic mass is 10.1. The van der Waals surface area contributed by atoms with Crippen LogP contribution in [0.15, 0.2) is 24.3 Å². The Morgan fingerprint density at radius 2 is 1.50 bits per heavy atom. The van der Waals surface area contributed by atoms with Crippen LogP contribution in [0.25, 0.3) is 10.6 Å². The summed E-state index contributed by atoms with van der Waals surface area (Å²) >= 11 is 1.66. The number of hydrogen-bond donors (Lipinski definition) is 1. The number of aromatic nitrogens is 2. The summed E-state index contributed by atoms with van der Waals surface area (Å²) in [5.41, 5.74) is 1.03. The summed E-state index contributed by atoms with van der Waals surface area (Å²) in [5, 5.41) is 19.9. The van der Waals surface area contributed by atoms with Crippen LogP contribution in [-0.4, -0.2) is 15.3 Å². The lowest BCUT2D eigenvalue weighted by molar-refractivity contribution is 0.475. The predicted molar refractivity (Wildman–Crippen MR) is 93.3 cm³/mol. The monoisotopic (exact) mass is 318 g/mol. The molecule has 4 heteroatoms. The molecule has 0 unspecified atom stereocenters. The van der Waals surface area contributed by atoms with Crippen molar-refractivity contribution in [3.05, 3.63) is 29.3 Å². The average molecular weight is 318 g/mol. The molecule has 0 aliphatic rings. The highest BCUT2D eigenvalue weighted by molar-refractivity contribution is 7.14. The summed E-state index contributed by atoms with van der Waals surface area (Å²) in [6, 6.07) is 7.15. The van der Waals surface area contributed by atoms with Crippen molar-refractivity contribution in [3.8, 4) is 16.3 Å². The smallest absolute Gasteiger partial charge is 0.147 e. The Hall–Kier alpha value is -1.42. The normalized spacial score (nSPS) is 11.0. The molecule has 0 radical (unpaired) electrons. The number of aryl methyl sites for hydroxylation is 1. The van der Waals surface area contributed by atoms with Crippen molar-refractivity contribution < 1.29 is 5.11 Å². The molecule has 2 rings (SSSR count). The van der Waals surface area contributed by atoms with Gasteiger partial charge in [-0.2, -0.15) is 0 Å². The molecular formula is C18H26N2OS. The van der Waals surface area contributed by atoms with Gasteiger partial charge in [-0.25, -0.2) is 0 Å². The van der Waals surface area contributed by atoms with Crippen LogP contribution in [0.1, 0.15) is 63.3 Å². The fraction of sp³-hybridized carbons (Fsp3) is 0.556. The summed E-state index contributed by atoms with van der Waals surface area (Å²) in [4.78, 5) is 0. The van der Waals surface area contributed by atoms with E-state index in [1.807, 2.05) is 12.1 Å². The molecule has 0 saturated heterocycles. The van der Waals surface area contributed by atoms with E-state index in [9.17, 15) is 5.11 Å². The molecule has 0 aliphatic carbocycles. The minimum atomic E-state index is 0.285. The maximum atomic E-state index is 9.31. The number of aromatic hydroxyl groups is 1. The molecule has 3 nitrogen and oxygen atoms in total. The van der Waals surface area contributed by atoms with Crippen LogP contribution in [0.2, 0.25) is 0 Å². The fourth-order valence-corrected chi connectivity index (χ4v) is 3.37. The first kappa shape index (κ1) is 16.9. The van der Waals surface area contributed by atoms with Gasteiger partial charge >= 0.3 is 0 Å². The quantitative estimate of drug-likeness (QED) is 0.580. The van der Waals surface area contributed by atoms with Crippen LogP contribution in [0.3, 0.4) is 0 Å². The second kappa shape index (κ2) is 9.57. The SMILES string of the molecule is CCCCCCCCCCc1nnc(-c2ccc(O)cc2)s1. The molecule has 2 aromatic rings. The van der Waals surface area contributed by atoms with Crippen LogP contribution in [0.5, 0.6) is 5.75 Å². The molecule has 120 valence electrons. The van der Waals surface area contributed by atoms with Crippen molar-refractivity contribution in [1.29, 1.82) is 0 Å². The van der Waals surface area contributed by atoms with Crippen molar-refractivity contribution in [2.24, 2.45) is 0 Å². The van der Waals surface area contributed by atoms with Crippen molar-refractivity contribution in [2.75, 3.05) is 0 Å². The van der Waals surface area contributed by atoms with Gasteiger partial charge in [0.25, 0.3) is 0 Å². The summed E-state index contributed by atoms with van der Waals surface area (Å²) in [5.74, 6) is 0.285. The number of hydrogen-bond acceptors (Lipinski definition) is 4. The van der Waals surface area contributed by atoms with E-state index in [0.717, 1.165) is 22.0 Å². The van der Waals surface area contributed by atoms with Crippen molar-refractivity contribution in [2.45, 2.75) is 64.7 Å². The third-order valence-corrected chi connectivity index (χ3v) is 4.86. The highest BCUT2D eigenvalue weighted by Crippen LogP contribution is 2.26. The number of phenolic OH excluding ortho intramolecular Hbond substituents is 1. The molecule has 1 heterocycles. The van der Waals surface area contributed by atoms with Crippen LogP contribution < -0.4 is 0 Å². The van der Waals surface area contributed by atoms with E-state index < -0.39 is 0 Å². The molecule has 0 amide bonds. The molecule has 0 atom stereocenters. The number of benzene rings is 1. The molecule has 0 bridgehead atoms. The molecule has 1 aromatic carbocycles. The minimum absolute atomic E-state index is 0.285. The maximum Gasteiger partial charge on any atom is 0.147 e. The predicted octanol–water partition coefficient (Wildman–Crippen LogP) is 5.59. The van der Waals surface area contributed by atoms with Gasteiger partial charge in [0.15, 0.2) is 0 Å². The number of unbranched alkanes of at least 4 members (excludes halogenated alkanes) is 7. The number of nitrogens with zero attached hydrogens (tertiary/aromatic N) is 2. The summed E-state index contributed by atoms with van der Waals surface area (Å²) in [6.07, 6.45) is 11.7. The Morgan fingerprint density at radius 1 is 0.864 bits per heavy atom. The fourth-order valence-electron chi connectivity index (χ4n) is 2.49. The Morgan fingerprint density at radius 3 is 2.18 bits per heavy atom. The summed E-state index contributed by atoms with van der Waals surface area (Å²) in [7, 11) is 0. The van der Waals surface area contributed by atoms with E-state index in [1.54, 1.807) is 23.5 Å². The zero-order chi connectivity index (χ0) is 15.6. The first-order chi connectivity index (χ1) is 10.8. The second-order valence-corrected chi connectivity index (χ2v) is 6.83. The Balaban J connectivity index is 1.66. The topological polar surface area (TPSA) is 46.0 Å². The van der Waals surface area contributed by atoms with Crippen molar-refractivity contribution in [1.82, 2.24) is 10.2 Å². The van der Waals surface area contributed by atoms with Crippen LogP contribution >= 0.6 is 11.3 Å². The summed E-state index contributed by atoms with van der Waals surface area (Å²) < 4.78 is 0. The van der Waals surface area contributed by atoms with Crippen molar-refractivity contribution in [3.63, 3.8) is 0 Å². The average Bonchev–Trinajstić information content (AvgIpc) is 2.99. The van der Waals surface area contributed by atoms with E-state index in [-0.39, 0.29) is 5.75 Å². The molecule has 0 spiro atoms. The Bertz CT molecular complexity index is 536. The highest BCUT2D eigenvalue weighted by atomic mass is 32.1.